The predicted octanol–water partition coefficient (Wildman–Crippen LogP) is 3.25. The Morgan fingerprint density at radius 3 is 2.88 bits per heavy atom. The highest BCUT2D eigenvalue weighted by atomic mass is 79.9. The van der Waals surface area contributed by atoms with E-state index in [0.717, 1.165) is 11.8 Å². The number of carbonyl (C=O) groups is 1. The number of benzene rings is 1. The fourth-order valence-electron chi connectivity index (χ4n) is 1.51. The van der Waals surface area contributed by atoms with Crippen molar-refractivity contribution in [1.29, 1.82) is 0 Å². The Kier molecular flexibility index (Phi) is 3.19. The highest BCUT2D eigenvalue weighted by Gasteiger charge is 2.03. The third-order valence-corrected chi connectivity index (χ3v) is 2.93. The molecule has 0 saturated heterocycles. The Labute approximate surface area is 101 Å². The van der Waals surface area contributed by atoms with E-state index in [2.05, 4.69) is 15.9 Å². The second kappa shape index (κ2) is 4.61. The van der Waals surface area contributed by atoms with E-state index in [1.807, 2.05) is 16.8 Å². The molecular formula is C12H9BrFNO. The molecule has 2 nitrogen and oxygen atoms in total. The molecule has 0 atom stereocenters. The molecule has 2 aromatic rings. The summed E-state index contributed by atoms with van der Waals surface area (Å²) in [4.78, 5) is 10.7. The first-order valence-electron chi connectivity index (χ1n) is 4.75. The van der Waals surface area contributed by atoms with Crippen molar-refractivity contribution in [2.45, 2.75) is 6.54 Å². The zero-order chi connectivity index (χ0) is 11.5. The van der Waals surface area contributed by atoms with Crippen LogP contribution in [-0.2, 0) is 6.54 Å². The molecule has 0 N–H and O–H groups in total. The van der Waals surface area contributed by atoms with Gasteiger partial charge in [0.1, 0.15) is 5.82 Å². The van der Waals surface area contributed by atoms with Gasteiger partial charge >= 0.3 is 0 Å². The fourth-order valence-corrected chi connectivity index (χ4v) is 1.94. The first-order valence-corrected chi connectivity index (χ1v) is 5.54. The van der Waals surface area contributed by atoms with Crippen molar-refractivity contribution in [2.75, 3.05) is 0 Å². The lowest BCUT2D eigenvalue weighted by Crippen LogP contribution is -2.02. The molecule has 0 fully saturated rings. The van der Waals surface area contributed by atoms with Crippen LogP contribution < -0.4 is 0 Å². The highest BCUT2D eigenvalue weighted by molar-refractivity contribution is 9.10. The summed E-state index contributed by atoms with van der Waals surface area (Å²) >= 11 is 3.13. The van der Waals surface area contributed by atoms with E-state index in [9.17, 15) is 9.18 Å². The Balaban J connectivity index is 2.27. The molecule has 0 aliphatic rings. The summed E-state index contributed by atoms with van der Waals surface area (Å²) in [6.45, 7) is 0.556. The van der Waals surface area contributed by atoms with E-state index in [0.29, 0.717) is 16.7 Å². The molecule has 0 bridgehead atoms. The Morgan fingerprint density at radius 1 is 1.38 bits per heavy atom. The van der Waals surface area contributed by atoms with Gasteiger partial charge < -0.3 is 4.57 Å². The minimum absolute atomic E-state index is 0.285. The van der Waals surface area contributed by atoms with Gasteiger partial charge in [0, 0.05) is 12.7 Å². The summed E-state index contributed by atoms with van der Waals surface area (Å²) in [7, 11) is 0. The minimum Gasteiger partial charge on any atom is -0.341 e. The van der Waals surface area contributed by atoms with E-state index >= 15 is 0 Å². The first-order chi connectivity index (χ1) is 7.70. The van der Waals surface area contributed by atoms with Crippen LogP contribution in [0.2, 0.25) is 0 Å². The normalized spacial score (nSPS) is 10.4. The lowest BCUT2D eigenvalue weighted by molar-refractivity contribution is 0.111. The quantitative estimate of drug-likeness (QED) is 0.792. The molecule has 0 amide bonds. The van der Waals surface area contributed by atoms with Crippen LogP contribution in [0.1, 0.15) is 16.1 Å². The first kappa shape index (κ1) is 11.1. The Hall–Kier alpha value is -1.42. The van der Waals surface area contributed by atoms with Crippen molar-refractivity contribution in [3.63, 3.8) is 0 Å². The second-order valence-electron chi connectivity index (χ2n) is 3.43. The third kappa shape index (κ3) is 2.22. The molecule has 1 heterocycles. The van der Waals surface area contributed by atoms with E-state index in [-0.39, 0.29) is 5.82 Å². The van der Waals surface area contributed by atoms with E-state index in [4.69, 9.17) is 0 Å². The average molecular weight is 282 g/mol. The number of aldehydes is 1. The van der Waals surface area contributed by atoms with E-state index in [1.165, 1.54) is 6.07 Å². The van der Waals surface area contributed by atoms with Gasteiger partial charge in [-0.15, -0.1) is 0 Å². The summed E-state index contributed by atoms with van der Waals surface area (Å²) in [5.74, 6) is -0.285. The molecule has 0 radical (unpaired) electrons. The van der Waals surface area contributed by atoms with Crippen molar-refractivity contribution in [3.05, 3.63) is 58.1 Å². The number of rotatable bonds is 3. The molecule has 0 unspecified atom stereocenters. The molecule has 82 valence electrons. The second-order valence-corrected chi connectivity index (χ2v) is 4.28. The number of hydrogen-bond acceptors (Lipinski definition) is 1. The summed E-state index contributed by atoms with van der Waals surface area (Å²) in [5, 5.41) is 0. The van der Waals surface area contributed by atoms with E-state index < -0.39 is 0 Å². The number of carbonyl (C=O) groups excluding carboxylic acids is 1. The van der Waals surface area contributed by atoms with Crippen LogP contribution >= 0.6 is 15.9 Å². The number of halogens is 2. The van der Waals surface area contributed by atoms with Crippen LogP contribution in [-0.4, -0.2) is 10.9 Å². The number of aromatic nitrogens is 1. The van der Waals surface area contributed by atoms with Crippen LogP contribution in [0.3, 0.4) is 0 Å². The molecule has 0 aliphatic carbocycles. The predicted molar refractivity (Wildman–Crippen MR) is 63.0 cm³/mol. The van der Waals surface area contributed by atoms with Gasteiger partial charge in [-0.3, -0.25) is 4.79 Å². The maximum absolute atomic E-state index is 13.0. The molecule has 0 saturated carbocycles. The molecule has 2 rings (SSSR count). The van der Waals surface area contributed by atoms with Crippen molar-refractivity contribution in [1.82, 2.24) is 4.57 Å². The largest absolute Gasteiger partial charge is 0.341 e. The smallest absolute Gasteiger partial charge is 0.166 e. The van der Waals surface area contributed by atoms with Gasteiger partial charge in [0.05, 0.1) is 10.2 Å². The molecule has 0 aliphatic heterocycles. The van der Waals surface area contributed by atoms with Gasteiger partial charge in [-0.2, -0.15) is 0 Å². The molecule has 4 heteroatoms. The van der Waals surface area contributed by atoms with Crippen molar-refractivity contribution in [2.24, 2.45) is 0 Å². The summed E-state index contributed by atoms with van der Waals surface area (Å²) in [5.41, 5.74) is 1.55. The van der Waals surface area contributed by atoms with Crippen molar-refractivity contribution in [3.8, 4) is 0 Å². The topological polar surface area (TPSA) is 22.0 Å². The average Bonchev–Trinajstić information content (AvgIpc) is 2.71. The monoisotopic (exact) mass is 281 g/mol. The standard InChI is InChI=1S/C12H9BrFNO/c13-11-6-9(3-4-12(11)14)7-15-5-1-2-10(15)8-16/h1-6,8H,7H2. The van der Waals surface area contributed by atoms with Gasteiger partial charge in [0.25, 0.3) is 0 Å². The van der Waals surface area contributed by atoms with Crippen LogP contribution in [0.5, 0.6) is 0 Å². The summed E-state index contributed by atoms with van der Waals surface area (Å²) in [6, 6.07) is 8.37. The number of hydrogen-bond donors (Lipinski definition) is 0. The lowest BCUT2D eigenvalue weighted by Gasteiger charge is -2.06. The van der Waals surface area contributed by atoms with Gasteiger partial charge in [0.15, 0.2) is 6.29 Å². The van der Waals surface area contributed by atoms with Crippen LogP contribution in [0.25, 0.3) is 0 Å². The van der Waals surface area contributed by atoms with Crippen LogP contribution in [0.4, 0.5) is 4.39 Å². The van der Waals surface area contributed by atoms with Crippen molar-refractivity contribution < 1.29 is 9.18 Å². The maximum Gasteiger partial charge on any atom is 0.166 e. The minimum atomic E-state index is -0.285. The number of nitrogens with zero attached hydrogens (tertiary/aromatic N) is 1. The van der Waals surface area contributed by atoms with Gasteiger partial charge in [-0.1, -0.05) is 6.07 Å². The fraction of sp³-hybridized carbons (Fsp3) is 0.0833. The van der Waals surface area contributed by atoms with Crippen LogP contribution in [0, 0.1) is 5.82 Å². The third-order valence-electron chi connectivity index (χ3n) is 2.32. The molecule has 0 spiro atoms. The Morgan fingerprint density at radius 2 is 2.19 bits per heavy atom. The highest BCUT2D eigenvalue weighted by Crippen LogP contribution is 2.17. The molecular weight excluding hydrogens is 273 g/mol. The zero-order valence-corrected chi connectivity index (χ0v) is 9.95. The summed E-state index contributed by atoms with van der Waals surface area (Å²) in [6.07, 6.45) is 2.62. The van der Waals surface area contributed by atoms with Gasteiger partial charge in [0.2, 0.25) is 0 Å². The SMILES string of the molecule is O=Cc1cccn1Cc1ccc(F)c(Br)c1. The molecule has 16 heavy (non-hydrogen) atoms. The van der Waals surface area contributed by atoms with Crippen LogP contribution in [0.15, 0.2) is 41.0 Å². The van der Waals surface area contributed by atoms with Crippen molar-refractivity contribution >= 4 is 22.2 Å². The zero-order valence-electron chi connectivity index (χ0n) is 8.36. The lowest BCUT2D eigenvalue weighted by atomic mass is 10.2. The van der Waals surface area contributed by atoms with Gasteiger partial charge in [-0.05, 0) is 45.8 Å². The maximum atomic E-state index is 13.0. The molecule has 1 aromatic carbocycles. The van der Waals surface area contributed by atoms with E-state index in [1.54, 1.807) is 18.2 Å². The Bertz CT molecular complexity index is 521. The van der Waals surface area contributed by atoms with Gasteiger partial charge in [-0.25, -0.2) is 4.39 Å². The molecule has 1 aromatic heterocycles. The summed E-state index contributed by atoms with van der Waals surface area (Å²) < 4.78 is 15.3.